The van der Waals surface area contributed by atoms with E-state index in [1.807, 2.05) is 0 Å². The highest BCUT2D eigenvalue weighted by Crippen LogP contribution is 2.28. The van der Waals surface area contributed by atoms with Gasteiger partial charge in [0, 0.05) is 12.6 Å². The molecule has 0 spiro atoms. The van der Waals surface area contributed by atoms with Gasteiger partial charge in [-0.15, -0.1) is 0 Å². The third-order valence-electron chi connectivity index (χ3n) is 4.21. The van der Waals surface area contributed by atoms with E-state index in [1.165, 1.54) is 38.5 Å². The van der Waals surface area contributed by atoms with Crippen molar-refractivity contribution in [3.05, 3.63) is 0 Å². The van der Waals surface area contributed by atoms with Crippen LogP contribution in [0, 0.1) is 0 Å². The predicted octanol–water partition coefficient (Wildman–Crippen LogP) is 4.53. The first-order valence-corrected chi connectivity index (χ1v) is 8.01. The normalized spacial score (nSPS) is 13.8. The average Bonchev–Trinajstić information content (AvgIpc) is 2.41. The second kappa shape index (κ2) is 10.8. The SMILES string of the molecule is CCCCCCCC(NC)C(CC)(CC)OCC. The summed E-state index contributed by atoms with van der Waals surface area (Å²) in [4.78, 5) is 0. The van der Waals surface area contributed by atoms with Gasteiger partial charge in [0.2, 0.25) is 0 Å². The Kier molecular flexibility index (Phi) is 10.8. The molecule has 0 aromatic carbocycles. The quantitative estimate of drug-likeness (QED) is 0.519. The number of rotatable bonds is 12. The zero-order valence-corrected chi connectivity index (χ0v) is 13.3. The van der Waals surface area contributed by atoms with Crippen LogP contribution < -0.4 is 5.32 Å². The van der Waals surface area contributed by atoms with Crippen LogP contribution in [0.1, 0.15) is 79.1 Å². The molecule has 0 rings (SSSR count). The Morgan fingerprint density at radius 2 is 1.56 bits per heavy atom. The van der Waals surface area contributed by atoms with Crippen molar-refractivity contribution in [3.8, 4) is 0 Å². The van der Waals surface area contributed by atoms with Gasteiger partial charge in [0.15, 0.2) is 0 Å². The summed E-state index contributed by atoms with van der Waals surface area (Å²) in [6, 6.07) is 0.495. The highest BCUT2D eigenvalue weighted by Gasteiger charge is 2.34. The number of hydrogen-bond acceptors (Lipinski definition) is 2. The van der Waals surface area contributed by atoms with Crippen LogP contribution in [0.4, 0.5) is 0 Å². The maximum absolute atomic E-state index is 6.10. The molecule has 2 heteroatoms. The Balaban J connectivity index is 4.24. The molecule has 0 bridgehead atoms. The van der Waals surface area contributed by atoms with Crippen molar-refractivity contribution in [3.63, 3.8) is 0 Å². The molecule has 1 N–H and O–H groups in total. The van der Waals surface area contributed by atoms with Crippen LogP contribution in [0.15, 0.2) is 0 Å². The Morgan fingerprint density at radius 1 is 0.944 bits per heavy atom. The molecule has 0 radical (unpaired) electrons. The van der Waals surface area contributed by atoms with E-state index < -0.39 is 0 Å². The Bertz CT molecular complexity index is 178. The van der Waals surface area contributed by atoms with Crippen molar-refractivity contribution in [2.24, 2.45) is 0 Å². The van der Waals surface area contributed by atoms with E-state index >= 15 is 0 Å². The highest BCUT2D eigenvalue weighted by atomic mass is 16.5. The third kappa shape index (κ3) is 5.71. The third-order valence-corrected chi connectivity index (χ3v) is 4.21. The van der Waals surface area contributed by atoms with E-state index in [2.05, 4.69) is 40.1 Å². The van der Waals surface area contributed by atoms with Crippen LogP contribution in [0.2, 0.25) is 0 Å². The summed E-state index contributed by atoms with van der Waals surface area (Å²) in [6.07, 6.45) is 10.2. The molecule has 1 atom stereocenters. The van der Waals surface area contributed by atoms with E-state index in [0.29, 0.717) is 6.04 Å². The van der Waals surface area contributed by atoms with Crippen molar-refractivity contribution in [1.82, 2.24) is 5.32 Å². The zero-order valence-electron chi connectivity index (χ0n) is 13.3. The van der Waals surface area contributed by atoms with Gasteiger partial charge in [0.1, 0.15) is 0 Å². The monoisotopic (exact) mass is 257 g/mol. The Morgan fingerprint density at radius 3 is 2.00 bits per heavy atom. The van der Waals surface area contributed by atoms with E-state index in [9.17, 15) is 0 Å². The number of likely N-dealkylation sites (N-methyl/N-ethyl adjacent to an activating group) is 1. The molecule has 2 nitrogen and oxygen atoms in total. The van der Waals surface area contributed by atoms with Crippen molar-refractivity contribution >= 4 is 0 Å². The fourth-order valence-corrected chi connectivity index (χ4v) is 2.96. The second-order valence-corrected chi connectivity index (χ2v) is 5.25. The lowest BCUT2D eigenvalue weighted by Crippen LogP contribution is -2.50. The van der Waals surface area contributed by atoms with Gasteiger partial charge in [-0.1, -0.05) is 52.9 Å². The molecular formula is C16H35NO. The van der Waals surface area contributed by atoms with Gasteiger partial charge in [-0.2, -0.15) is 0 Å². The molecule has 0 aliphatic rings. The molecule has 0 saturated carbocycles. The highest BCUT2D eigenvalue weighted by molar-refractivity contribution is 4.90. The fraction of sp³-hybridized carbons (Fsp3) is 1.00. The van der Waals surface area contributed by atoms with Gasteiger partial charge in [0.25, 0.3) is 0 Å². The van der Waals surface area contributed by atoms with E-state index in [-0.39, 0.29) is 5.60 Å². The number of hydrogen-bond donors (Lipinski definition) is 1. The molecular weight excluding hydrogens is 222 g/mol. The number of ether oxygens (including phenoxy) is 1. The lowest BCUT2D eigenvalue weighted by molar-refractivity contribution is -0.0726. The summed E-state index contributed by atoms with van der Waals surface area (Å²) in [5, 5.41) is 3.50. The van der Waals surface area contributed by atoms with E-state index in [1.54, 1.807) is 0 Å². The summed E-state index contributed by atoms with van der Waals surface area (Å²) in [7, 11) is 2.08. The topological polar surface area (TPSA) is 21.3 Å². The lowest BCUT2D eigenvalue weighted by atomic mass is 9.85. The standard InChI is InChI=1S/C16H35NO/c1-6-10-11-12-13-14-15(17-5)16(7-2,8-3)18-9-4/h15,17H,6-14H2,1-5H3. The first-order valence-electron chi connectivity index (χ1n) is 8.01. The first-order chi connectivity index (χ1) is 8.70. The minimum atomic E-state index is 0.0360. The average molecular weight is 257 g/mol. The smallest absolute Gasteiger partial charge is 0.0829 e. The van der Waals surface area contributed by atoms with Gasteiger partial charge < -0.3 is 10.1 Å². The molecule has 0 saturated heterocycles. The van der Waals surface area contributed by atoms with Gasteiger partial charge in [0.05, 0.1) is 5.60 Å². The molecule has 0 aliphatic heterocycles. The zero-order chi connectivity index (χ0) is 13.9. The van der Waals surface area contributed by atoms with E-state index in [0.717, 1.165) is 19.4 Å². The molecule has 18 heavy (non-hydrogen) atoms. The predicted molar refractivity (Wildman–Crippen MR) is 81.2 cm³/mol. The molecule has 1 unspecified atom stereocenters. The van der Waals surface area contributed by atoms with Gasteiger partial charge in [-0.05, 0) is 33.2 Å². The molecule has 0 amide bonds. The molecule has 0 aromatic rings. The van der Waals surface area contributed by atoms with Crippen LogP contribution in [0.5, 0.6) is 0 Å². The van der Waals surface area contributed by atoms with Crippen LogP contribution in [-0.2, 0) is 4.74 Å². The maximum atomic E-state index is 6.10. The van der Waals surface area contributed by atoms with Crippen LogP contribution in [-0.4, -0.2) is 25.3 Å². The maximum Gasteiger partial charge on any atom is 0.0829 e. The van der Waals surface area contributed by atoms with Crippen molar-refractivity contribution < 1.29 is 4.74 Å². The second-order valence-electron chi connectivity index (χ2n) is 5.25. The molecule has 0 aliphatic carbocycles. The number of nitrogens with one attached hydrogen (secondary N) is 1. The molecule has 110 valence electrons. The molecule has 0 fully saturated rings. The van der Waals surface area contributed by atoms with Crippen LogP contribution >= 0.6 is 0 Å². The van der Waals surface area contributed by atoms with Crippen molar-refractivity contribution in [1.29, 1.82) is 0 Å². The minimum Gasteiger partial charge on any atom is -0.374 e. The van der Waals surface area contributed by atoms with Crippen molar-refractivity contribution in [2.75, 3.05) is 13.7 Å². The molecule has 0 heterocycles. The van der Waals surface area contributed by atoms with Gasteiger partial charge in [-0.25, -0.2) is 0 Å². The van der Waals surface area contributed by atoms with Crippen molar-refractivity contribution in [2.45, 2.75) is 90.7 Å². The van der Waals surface area contributed by atoms with Gasteiger partial charge >= 0.3 is 0 Å². The summed E-state index contributed by atoms with van der Waals surface area (Å²) >= 11 is 0. The number of unbranched alkanes of at least 4 members (excludes halogenated alkanes) is 4. The summed E-state index contributed by atoms with van der Waals surface area (Å²) in [5.74, 6) is 0. The van der Waals surface area contributed by atoms with E-state index in [4.69, 9.17) is 4.74 Å². The first kappa shape index (κ1) is 17.9. The Labute approximate surface area is 115 Å². The molecule has 0 aromatic heterocycles. The summed E-state index contributed by atoms with van der Waals surface area (Å²) in [6.45, 7) is 9.69. The van der Waals surface area contributed by atoms with Crippen LogP contribution in [0.3, 0.4) is 0 Å². The summed E-state index contributed by atoms with van der Waals surface area (Å²) < 4.78 is 6.10. The van der Waals surface area contributed by atoms with Gasteiger partial charge in [-0.3, -0.25) is 0 Å². The summed E-state index contributed by atoms with van der Waals surface area (Å²) in [5.41, 5.74) is 0.0360. The lowest BCUT2D eigenvalue weighted by Gasteiger charge is -2.39. The fourth-order valence-electron chi connectivity index (χ4n) is 2.96. The Hall–Kier alpha value is -0.0800. The largest absolute Gasteiger partial charge is 0.374 e. The van der Waals surface area contributed by atoms with Crippen LogP contribution in [0.25, 0.3) is 0 Å². The minimum absolute atomic E-state index is 0.0360.